The molecule has 0 aliphatic carbocycles. The average molecular weight is 482 g/mol. The van der Waals surface area contributed by atoms with Crippen LogP contribution in [-0.2, 0) is 21.2 Å². The van der Waals surface area contributed by atoms with Gasteiger partial charge in [-0.3, -0.25) is 4.79 Å². The van der Waals surface area contributed by atoms with Gasteiger partial charge < -0.3 is 14.2 Å². The summed E-state index contributed by atoms with van der Waals surface area (Å²) in [7, 11) is -2.48. The van der Waals surface area contributed by atoms with Crippen LogP contribution in [0.3, 0.4) is 0 Å². The lowest BCUT2D eigenvalue weighted by atomic mass is 9.91. The highest BCUT2D eigenvalue weighted by atomic mass is 32.2. The van der Waals surface area contributed by atoms with E-state index in [1.807, 2.05) is 38.1 Å². The summed E-state index contributed by atoms with van der Waals surface area (Å²) in [5, 5.41) is 0. The van der Waals surface area contributed by atoms with Gasteiger partial charge in [-0.25, -0.2) is 13.1 Å². The molecule has 0 saturated heterocycles. The summed E-state index contributed by atoms with van der Waals surface area (Å²) in [6.07, 6.45) is 0.268. The number of fused-ring (bicyclic) bond motifs is 1. The molecule has 0 fully saturated rings. The maximum absolute atomic E-state index is 13.4. The monoisotopic (exact) mass is 481 g/mol. The first-order valence-corrected chi connectivity index (χ1v) is 12.4. The molecule has 1 atom stereocenters. The molecule has 1 unspecified atom stereocenters. The van der Waals surface area contributed by atoms with Crippen LogP contribution in [0.1, 0.15) is 42.4 Å². The summed E-state index contributed by atoms with van der Waals surface area (Å²) in [6, 6.07) is 19.1. The molecule has 1 amide bonds. The predicted octanol–water partition coefficient (Wildman–Crippen LogP) is 4.38. The van der Waals surface area contributed by atoms with Crippen LogP contribution in [0.25, 0.3) is 0 Å². The summed E-state index contributed by atoms with van der Waals surface area (Å²) in [4.78, 5) is 13.4. The Labute approximate surface area is 199 Å². The molecule has 0 saturated carbocycles. The number of carbonyl (C=O) groups is 1. The van der Waals surface area contributed by atoms with E-state index in [0.29, 0.717) is 22.8 Å². The molecule has 1 heterocycles. The maximum atomic E-state index is 13.4. The zero-order valence-corrected chi connectivity index (χ0v) is 20.1. The van der Waals surface area contributed by atoms with E-state index in [2.05, 4.69) is 4.72 Å². The second kappa shape index (κ2) is 9.77. The van der Waals surface area contributed by atoms with Crippen LogP contribution >= 0.6 is 0 Å². The Hall–Kier alpha value is -3.52. The van der Waals surface area contributed by atoms with Crippen molar-refractivity contribution < 1.29 is 27.4 Å². The fourth-order valence-electron chi connectivity index (χ4n) is 3.82. The van der Waals surface area contributed by atoms with Gasteiger partial charge in [-0.15, -0.1) is 0 Å². The molecule has 8 heteroatoms. The van der Waals surface area contributed by atoms with Crippen molar-refractivity contribution in [3.8, 4) is 17.2 Å². The number of hydrogen-bond donors (Lipinski definition) is 1. The second-order valence-corrected chi connectivity index (χ2v) is 10.1. The number of ether oxygens (including phenoxy) is 3. The van der Waals surface area contributed by atoms with Gasteiger partial charge in [0, 0.05) is 0 Å². The first-order chi connectivity index (χ1) is 16.3. The molecule has 178 valence electrons. The van der Waals surface area contributed by atoms with E-state index < -0.39 is 21.8 Å². The maximum Gasteiger partial charge on any atom is 0.264 e. The minimum absolute atomic E-state index is 0.0380. The van der Waals surface area contributed by atoms with Crippen molar-refractivity contribution in [3.63, 3.8) is 0 Å². The molecule has 0 bridgehead atoms. The smallest absolute Gasteiger partial charge is 0.264 e. The van der Waals surface area contributed by atoms with Gasteiger partial charge in [0.1, 0.15) is 5.75 Å². The Balaban J connectivity index is 1.64. The number of carbonyl (C=O) groups excluding carboxylic acids is 1. The van der Waals surface area contributed by atoms with E-state index in [4.69, 9.17) is 14.2 Å². The van der Waals surface area contributed by atoms with Crippen molar-refractivity contribution in [2.75, 3.05) is 13.9 Å². The Morgan fingerprint density at radius 1 is 0.971 bits per heavy atom. The number of hydrogen-bond acceptors (Lipinski definition) is 6. The molecule has 3 aromatic rings. The van der Waals surface area contributed by atoms with E-state index in [0.717, 1.165) is 11.1 Å². The summed E-state index contributed by atoms with van der Waals surface area (Å²) >= 11 is 0. The first kappa shape index (κ1) is 23.6. The average Bonchev–Trinajstić information content (AvgIpc) is 3.30. The molecular weight excluding hydrogens is 454 g/mol. The molecular formula is C26H27NO6S. The lowest BCUT2D eigenvalue weighted by molar-refractivity contribution is -0.120. The third kappa shape index (κ3) is 5.17. The van der Waals surface area contributed by atoms with E-state index in [9.17, 15) is 13.2 Å². The molecule has 3 aromatic carbocycles. The van der Waals surface area contributed by atoms with E-state index >= 15 is 0 Å². The van der Waals surface area contributed by atoms with Crippen LogP contribution in [0.5, 0.6) is 17.2 Å². The largest absolute Gasteiger partial charge is 0.497 e. The SMILES string of the molecule is COc1cccc(CC(C(=O)NS(=O)(=O)c2ccc(C(C)C)cc2)c2ccc3c(c2)OCO3)c1. The minimum Gasteiger partial charge on any atom is -0.497 e. The van der Waals surface area contributed by atoms with Gasteiger partial charge in [0.2, 0.25) is 12.7 Å². The molecule has 0 spiro atoms. The number of benzene rings is 3. The van der Waals surface area contributed by atoms with Crippen LogP contribution in [0.15, 0.2) is 71.6 Å². The predicted molar refractivity (Wildman–Crippen MR) is 128 cm³/mol. The number of nitrogens with one attached hydrogen (secondary N) is 1. The van der Waals surface area contributed by atoms with Gasteiger partial charge in [-0.2, -0.15) is 0 Å². The first-order valence-electron chi connectivity index (χ1n) is 11.0. The highest BCUT2D eigenvalue weighted by Gasteiger charge is 2.28. The Kier molecular flexibility index (Phi) is 6.79. The number of rotatable bonds is 8. The van der Waals surface area contributed by atoms with Crippen molar-refractivity contribution in [1.29, 1.82) is 0 Å². The molecule has 0 aromatic heterocycles. The molecule has 4 rings (SSSR count). The summed E-state index contributed by atoms with van der Waals surface area (Å²) in [6.45, 7) is 4.16. The lowest BCUT2D eigenvalue weighted by Gasteiger charge is -2.18. The Morgan fingerprint density at radius 2 is 1.68 bits per heavy atom. The summed E-state index contributed by atoms with van der Waals surface area (Å²) in [5.41, 5.74) is 2.47. The van der Waals surface area contributed by atoms with Gasteiger partial charge >= 0.3 is 0 Å². The third-order valence-electron chi connectivity index (χ3n) is 5.78. The van der Waals surface area contributed by atoms with Gasteiger partial charge in [0.15, 0.2) is 11.5 Å². The second-order valence-electron chi connectivity index (χ2n) is 8.41. The van der Waals surface area contributed by atoms with Crippen LogP contribution in [0, 0.1) is 0 Å². The zero-order valence-electron chi connectivity index (χ0n) is 19.3. The van der Waals surface area contributed by atoms with Crippen LogP contribution in [0.2, 0.25) is 0 Å². The van der Waals surface area contributed by atoms with Crippen molar-refractivity contribution in [3.05, 3.63) is 83.4 Å². The topological polar surface area (TPSA) is 90.9 Å². The Morgan fingerprint density at radius 3 is 2.38 bits per heavy atom. The van der Waals surface area contributed by atoms with E-state index in [1.54, 1.807) is 37.4 Å². The van der Waals surface area contributed by atoms with Crippen LogP contribution < -0.4 is 18.9 Å². The summed E-state index contributed by atoms with van der Waals surface area (Å²) < 4.78 is 44.4. The number of methoxy groups -OCH3 is 1. The minimum atomic E-state index is -4.05. The molecule has 1 aliphatic rings. The molecule has 1 aliphatic heterocycles. The molecule has 34 heavy (non-hydrogen) atoms. The number of sulfonamides is 1. The van der Waals surface area contributed by atoms with Crippen LogP contribution in [0.4, 0.5) is 0 Å². The number of amides is 1. The summed E-state index contributed by atoms with van der Waals surface area (Å²) in [5.74, 6) is 0.612. The normalized spacial score (nSPS) is 13.5. The van der Waals surface area contributed by atoms with Crippen LogP contribution in [-0.4, -0.2) is 28.2 Å². The molecule has 1 N–H and O–H groups in total. The van der Waals surface area contributed by atoms with Crippen molar-refractivity contribution in [1.82, 2.24) is 4.72 Å². The highest BCUT2D eigenvalue weighted by Crippen LogP contribution is 2.36. The lowest BCUT2D eigenvalue weighted by Crippen LogP contribution is -2.35. The van der Waals surface area contributed by atoms with Crippen molar-refractivity contribution in [2.24, 2.45) is 0 Å². The van der Waals surface area contributed by atoms with Crippen molar-refractivity contribution >= 4 is 15.9 Å². The highest BCUT2D eigenvalue weighted by molar-refractivity contribution is 7.90. The quantitative estimate of drug-likeness (QED) is 0.514. The van der Waals surface area contributed by atoms with Gasteiger partial charge in [0.25, 0.3) is 10.0 Å². The molecule has 7 nitrogen and oxygen atoms in total. The zero-order chi connectivity index (χ0) is 24.3. The van der Waals surface area contributed by atoms with Gasteiger partial charge in [0.05, 0.1) is 17.9 Å². The van der Waals surface area contributed by atoms with E-state index in [-0.39, 0.29) is 24.0 Å². The molecule has 0 radical (unpaired) electrons. The van der Waals surface area contributed by atoms with E-state index in [1.165, 1.54) is 12.1 Å². The standard InChI is InChI=1S/C26H27NO6S/c1-17(2)19-7-10-22(11-8-19)34(29,30)27-26(28)23(14-18-5-4-6-21(13-18)31-3)20-9-12-24-25(15-20)33-16-32-24/h4-13,15,17,23H,14,16H2,1-3H3,(H,27,28). The van der Waals surface area contributed by atoms with Gasteiger partial charge in [-0.05, 0) is 65.4 Å². The van der Waals surface area contributed by atoms with Gasteiger partial charge in [-0.1, -0.05) is 44.2 Å². The third-order valence-corrected chi connectivity index (χ3v) is 7.14. The fourth-order valence-corrected chi connectivity index (χ4v) is 4.84. The Bertz CT molecular complexity index is 1280. The van der Waals surface area contributed by atoms with Crippen molar-refractivity contribution in [2.45, 2.75) is 37.0 Å². The fraction of sp³-hybridized carbons (Fsp3) is 0.269.